The Labute approximate surface area is 325 Å². The fraction of sp³-hybridized carbons (Fsp3) is 0.538. The van der Waals surface area contributed by atoms with Gasteiger partial charge in [-0.05, 0) is 69.2 Å². The van der Waals surface area contributed by atoms with Crippen molar-refractivity contribution in [2.45, 2.75) is 102 Å². The molecule has 0 unspecified atom stereocenters. The number of thiophene rings is 1. The number of hydrogen-bond acceptors (Lipinski definition) is 8. The normalized spacial score (nSPS) is 20.5. The fourth-order valence-corrected chi connectivity index (χ4v) is 8.15. The summed E-state index contributed by atoms with van der Waals surface area (Å²) < 4.78 is 95.5. The van der Waals surface area contributed by atoms with E-state index < -0.39 is 68.9 Å². The van der Waals surface area contributed by atoms with Crippen molar-refractivity contribution in [2.75, 3.05) is 26.2 Å². The highest BCUT2D eigenvalue weighted by atomic mass is 32.1. The van der Waals surface area contributed by atoms with Crippen LogP contribution in [0.2, 0.25) is 0 Å². The molecule has 56 heavy (non-hydrogen) atoms. The summed E-state index contributed by atoms with van der Waals surface area (Å²) >= 11 is 0.379. The van der Waals surface area contributed by atoms with E-state index in [0.717, 1.165) is 45.8 Å². The van der Waals surface area contributed by atoms with Crippen LogP contribution in [0.4, 0.5) is 26.3 Å². The number of hydrogen-bond donors (Lipinski definition) is 2. The minimum atomic E-state index is -4.91. The van der Waals surface area contributed by atoms with E-state index in [1.54, 1.807) is 20.8 Å². The molecule has 2 aliphatic heterocycles. The summed E-state index contributed by atoms with van der Waals surface area (Å²) in [6.45, 7) is 5.52. The van der Waals surface area contributed by atoms with Gasteiger partial charge in [0.15, 0.2) is 0 Å². The number of carboxylic acids is 1. The lowest BCUT2D eigenvalue weighted by molar-refractivity contribution is -0.161. The Bertz CT molecular complexity index is 1880. The van der Waals surface area contributed by atoms with Gasteiger partial charge in [0, 0.05) is 55.8 Å². The molecule has 17 heteroatoms. The van der Waals surface area contributed by atoms with Gasteiger partial charge in [-0.2, -0.15) is 26.3 Å². The molecule has 0 bridgehead atoms. The second kappa shape index (κ2) is 16.7. The van der Waals surface area contributed by atoms with E-state index in [1.165, 1.54) is 4.90 Å². The number of piperidine rings is 2. The van der Waals surface area contributed by atoms with Crippen molar-refractivity contribution in [2.24, 2.45) is 11.1 Å². The summed E-state index contributed by atoms with van der Waals surface area (Å²) in [6, 6.07) is 8.81. The third-order valence-electron chi connectivity index (χ3n) is 10.7. The maximum atomic E-state index is 15.0. The molecule has 2 aliphatic rings. The van der Waals surface area contributed by atoms with E-state index in [4.69, 9.17) is 15.2 Å². The average Bonchev–Trinajstić information content (AvgIpc) is 3.63. The van der Waals surface area contributed by atoms with Crippen molar-refractivity contribution in [3.63, 3.8) is 0 Å². The highest BCUT2D eigenvalue weighted by molar-refractivity contribution is 7.10. The molecule has 10 nitrogen and oxygen atoms in total. The zero-order valence-corrected chi connectivity index (χ0v) is 32.2. The molecule has 3 aromatic rings. The molecule has 0 aliphatic carbocycles. The summed E-state index contributed by atoms with van der Waals surface area (Å²) in [5, 5.41) is 10.6. The molecule has 2 atom stereocenters. The Morgan fingerprint density at radius 2 is 1.70 bits per heavy atom. The topological polar surface area (TPSA) is 135 Å². The molecule has 4 heterocycles. The van der Waals surface area contributed by atoms with Crippen LogP contribution >= 0.6 is 11.3 Å². The van der Waals surface area contributed by atoms with E-state index in [1.807, 2.05) is 24.3 Å². The minimum Gasteiger partial charge on any atom is -0.481 e. The van der Waals surface area contributed by atoms with Gasteiger partial charge in [-0.15, -0.1) is 11.3 Å². The van der Waals surface area contributed by atoms with Crippen molar-refractivity contribution in [3.05, 3.63) is 81.3 Å². The van der Waals surface area contributed by atoms with Gasteiger partial charge in [-0.1, -0.05) is 37.6 Å². The number of pyridine rings is 1. The highest BCUT2D eigenvalue weighted by Gasteiger charge is 2.56. The lowest BCUT2D eigenvalue weighted by atomic mass is 9.77. The van der Waals surface area contributed by atoms with Gasteiger partial charge in [0.25, 0.3) is 11.8 Å². The predicted octanol–water partition coefficient (Wildman–Crippen LogP) is 7.90. The number of carbonyl (C=O) groups is 3. The SMILES string of the molecule is CCC[C@H]1N(C(=O)c2ncccc2C(F)(F)F)CCC[C@@]1(Oc1csc(C(F)(F)F)c1)C(=O)N1CCC(N)(c2ccccc2COCCC(C)(C)C(=O)O)CC1. The number of carbonyl (C=O) groups excluding carboxylic acids is 2. The summed E-state index contributed by atoms with van der Waals surface area (Å²) in [5.41, 5.74) is 2.65. The number of carboxylic acid groups (broad SMARTS) is 1. The number of ether oxygens (including phenoxy) is 2. The molecule has 0 radical (unpaired) electrons. The zero-order valence-electron chi connectivity index (χ0n) is 31.3. The van der Waals surface area contributed by atoms with Crippen LogP contribution in [0, 0.1) is 5.41 Å². The quantitative estimate of drug-likeness (QED) is 0.132. The zero-order chi connectivity index (χ0) is 41.1. The third-order valence-corrected chi connectivity index (χ3v) is 11.7. The summed E-state index contributed by atoms with van der Waals surface area (Å²) in [7, 11) is 0. The van der Waals surface area contributed by atoms with Gasteiger partial charge in [-0.25, -0.2) is 0 Å². The molecule has 0 spiro atoms. The van der Waals surface area contributed by atoms with Gasteiger partial charge in [-0.3, -0.25) is 19.4 Å². The summed E-state index contributed by atoms with van der Waals surface area (Å²) in [5.74, 6) is -2.85. The summed E-state index contributed by atoms with van der Waals surface area (Å²) in [4.78, 5) is 46.0. The van der Waals surface area contributed by atoms with Gasteiger partial charge >= 0.3 is 18.3 Å². The van der Waals surface area contributed by atoms with Crippen molar-refractivity contribution in [1.29, 1.82) is 0 Å². The Morgan fingerprint density at radius 3 is 2.32 bits per heavy atom. The van der Waals surface area contributed by atoms with E-state index in [2.05, 4.69) is 4.98 Å². The minimum absolute atomic E-state index is 0.0189. The molecule has 3 N–H and O–H groups in total. The maximum Gasteiger partial charge on any atom is 0.425 e. The second-order valence-corrected chi connectivity index (χ2v) is 15.9. The van der Waals surface area contributed by atoms with E-state index in [-0.39, 0.29) is 77.1 Å². The van der Waals surface area contributed by atoms with Gasteiger partial charge in [0.1, 0.15) is 16.3 Å². The number of aliphatic carboxylic acids is 1. The monoisotopic (exact) mass is 812 g/mol. The van der Waals surface area contributed by atoms with Gasteiger partial charge < -0.3 is 30.1 Å². The largest absolute Gasteiger partial charge is 0.481 e. The van der Waals surface area contributed by atoms with Crippen LogP contribution in [0.1, 0.15) is 97.8 Å². The average molecular weight is 813 g/mol. The lowest BCUT2D eigenvalue weighted by Gasteiger charge is -2.51. The van der Waals surface area contributed by atoms with Gasteiger partial charge in [0.2, 0.25) is 5.60 Å². The van der Waals surface area contributed by atoms with Crippen LogP contribution in [0.3, 0.4) is 0 Å². The molecular weight excluding hydrogens is 767 g/mol. The number of benzene rings is 1. The molecule has 2 fully saturated rings. The number of amides is 2. The Morgan fingerprint density at radius 1 is 1.00 bits per heavy atom. The van der Waals surface area contributed by atoms with E-state index in [0.29, 0.717) is 17.8 Å². The number of nitrogens with two attached hydrogens (primary N) is 1. The van der Waals surface area contributed by atoms with E-state index in [9.17, 15) is 45.8 Å². The van der Waals surface area contributed by atoms with Crippen LogP contribution in [-0.2, 0) is 38.8 Å². The first kappa shape index (κ1) is 42.9. The van der Waals surface area contributed by atoms with Crippen LogP contribution < -0.4 is 10.5 Å². The molecule has 2 aromatic heterocycles. The van der Waals surface area contributed by atoms with Crippen LogP contribution in [0.5, 0.6) is 5.75 Å². The number of rotatable bonds is 13. The number of alkyl halides is 6. The highest BCUT2D eigenvalue weighted by Crippen LogP contribution is 2.44. The van der Waals surface area contributed by atoms with Crippen molar-refractivity contribution >= 4 is 29.1 Å². The van der Waals surface area contributed by atoms with Crippen molar-refractivity contribution in [1.82, 2.24) is 14.8 Å². The molecule has 2 saturated heterocycles. The Kier molecular flexibility index (Phi) is 12.8. The standard InChI is InChI=1S/C39H46F6N4O6S/c1-4-9-29-37(55-26-22-30(56-24-26)39(43,44)45,13-8-18-49(29)32(50)31-28(38(40,41)42)12-7-17-47-31)33(51)48-19-14-36(46,15-20-48)27-11-6-5-10-25(27)23-54-21-16-35(2,3)34(52)53/h5-7,10-12,17,22,24,29H,4,8-9,13-16,18-21,23,46H2,1-3H3,(H,52,53)/t29-,37+/m1/s1. The Balaban J connectivity index is 1.44. The lowest BCUT2D eigenvalue weighted by Crippen LogP contribution is -2.69. The van der Waals surface area contributed by atoms with Gasteiger partial charge in [0.05, 0.1) is 23.6 Å². The molecular formula is C39H46F6N4O6S. The molecule has 5 rings (SSSR count). The maximum absolute atomic E-state index is 15.0. The first-order valence-electron chi connectivity index (χ1n) is 18.4. The molecule has 306 valence electrons. The van der Waals surface area contributed by atoms with E-state index >= 15 is 0 Å². The number of aromatic nitrogens is 1. The third kappa shape index (κ3) is 9.15. The predicted molar refractivity (Wildman–Crippen MR) is 195 cm³/mol. The van der Waals surface area contributed by atoms with Crippen molar-refractivity contribution < 1.29 is 55.3 Å². The molecule has 0 saturated carbocycles. The number of halogens is 6. The molecule has 1 aromatic carbocycles. The second-order valence-electron chi connectivity index (χ2n) is 15.0. The Hall–Kier alpha value is -4.22. The first-order chi connectivity index (χ1) is 26.2. The number of nitrogens with zero attached hydrogens (tertiary/aromatic N) is 3. The smallest absolute Gasteiger partial charge is 0.425 e. The van der Waals surface area contributed by atoms with Crippen molar-refractivity contribution in [3.8, 4) is 5.75 Å². The number of likely N-dealkylation sites (tertiary alicyclic amines) is 2. The first-order valence-corrected chi connectivity index (χ1v) is 19.3. The summed E-state index contributed by atoms with van der Waals surface area (Å²) in [6.07, 6.45) is -7.19. The molecule has 2 amide bonds. The van der Waals surface area contributed by atoms with Crippen LogP contribution in [0.25, 0.3) is 0 Å². The van der Waals surface area contributed by atoms with Crippen LogP contribution in [-0.4, -0.2) is 75.6 Å². The van der Waals surface area contributed by atoms with Crippen LogP contribution in [0.15, 0.2) is 54.0 Å². The fourth-order valence-electron chi connectivity index (χ4n) is 7.47.